The van der Waals surface area contributed by atoms with Crippen molar-refractivity contribution in [2.45, 2.75) is 38.7 Å². The lowest BCUT2D eigenvalue weighted by Gasteiger charge is -2.24. The zero-order chi connectivity index (χ0) is 19.4. The first-order chi connectivity index (χ1) is 13.0. The van der Waals surface area contributed by atoms with E-state index in [0.717, 1.165) is 11.1 Å². The van der Waals surface area contributed by atoms with Gasteiger partial charge in [-0.3, -0.25) is 9.59 Å². The predicted octanol–water partition coefficient (Wildman–Crippen LogP) is 4.24. The number of benzene rings is 2. The van der Waals surface area contributed by atoms with Crippen LogP contribution in [0.4, 0.5) is 0 Å². The molecule has 1 N–H and O–H groups in total. The average molecular weight is 383 g/mol. The molecule has 0 radical (unpaired) electrons. The van der Waals surface area contributed by atoms with Gasteiger partial charge in [-0.1, -0.05) is 56.3 Å². The van der Waals surface area contributed by atoms with Crippen LogP contribution in [0.5, 0.6) is 0 Å². The highest BCUT2D eigenvalue weighted by Crippen LogP contribution is 2.39. The van der Waals surface area contributed by atoms with Crippen molar-refractivity contribution >= 4 is 23.6 Å². The number of amides is 2. The fourth-order valence-electron chi connectivity index (χ4n) is 2.94. The van der Waals surface area contributed by atoms with E-state index in [1.807, 2.05) is 66.4 Å². The van der Waals surface area contributed by atoms with Gasteiger partial charge in [-0.25, -0.2) is 0 Å². The number of thioether (sulfide) groups is 1. The highest BCUT2D eigenvalue weighted by atomic mass is 32.2. The Labute approximate surface area is 165 Å². The maximum absolute atomic E-state index is 12.4. The predicted molar refractivity (Wildman–Crippen MR) is 110 cm³/mol. The van der Waals surface area contributed by atoms with Crippen molar-refractivity contribution in [2.24, 2.45) is 5.92 Å². The van der Waals surface area contributed by atoms with E-state index in [1.165, 1.54) is 0 Å². The van der Waals surface area contributed by atoms with Gasteiger partial charge < -0.3 is 10.2 Å². The number of hydrogen-bond donors (Lipinski definition) is 1. The minimum atomic E-state index is -0.0564. The molecule has 5 heteroatoms. The van der Waals surface area contributed by atoms with Crippen LogP contribution in [0.15, 0.2) is 54.6 Å². The summed E-state index contributed by atoms with van der Waals surface area (Å²) in [6.45, 7) is 6.79. The zero-order valence-electron chi connectivity index (χ0n) is 16.0. The average Bonchev–Trinajstić information content (AvgIpc) is 3.03. The molecule has 4 nitrogen and oxygen atoms in total. The van der Waals surface area contributed by atoms with Gasteiger partial charge in [0.2, 0.25) is 5.91 Å². The van der Waals surface area contributed by atoms with Crippen molar-refractivity contribution in [3.8, 4) is 0 Å². The molecule has 2 amide bonds. The van der Waals surface area contributed by atoms with Crippen molar-refractivity contribution in [3.05, 3.63) is 71.3 Å². The molecule has 0 aliphatic carbocycles. The molecule has 2 atom stereocenters. The number of carbonyl (C=O) groups excluding carboxylic acids is 2. The van der Waals surface area contributed by atoms with E-state index in [0.29, 0.717) is 23.8 Å². The molecule has 0 bridgehead atoms. The summed E-state index contributed by atoms with van der Waals surface area (Å²) in [6, 6.07) is 17.8. The molecule has 1 aliphatic rings. The molecule has 142 valence electrons. The topological polar surface area (TPSA) is 49.4 Å². The Kier molecular flexibility index (Phi) is 6.22. The van der Waals surface area contributed by atoms with Gasteiger partial charge in [0.15, 0.2) is 0 Å². The summed E-state index contributed by atoms with van der Waals surface area (Å²) in [5.41, 5.74) is 2.82. The van der Waals surface area contributed by atoms with Crippen LogP contribution in [-0.2, 0) is 11.3 Å². The molecule has 1 heterocycles. The summed E-state index contributed by atoms with van der Waals surface area (Å²) < 4.78 is 0. The molecule has 2 unspecified atom stereocenters. The van der Waals surface area contributed by atoms with E-state index >= 15 is 0 Å². The highest BCUT2D eigenvalue weighted by molar-refractivity contribution is 8.00. The van der Waals surface area contributed by atoms with Crippen LogP contribution in [0.3, 0.4) is 0 Å². The van der Waals surface area contributed by atoms with E-state index in [1.54, 1.807) is 11.8 Å². The van der Waals surface area contributed by atoms with Gasteiger partial charge >= 0.3 is 0 Å². The van der Waals surface area contributed by atoms with Crippen molar-refractivity contribution in [1.82, 2.24) is 10.2 Å². The van der Waals surface area contributed by atoms with Crippen molar-refractivity contribution in [2.75, 3.05) is 5.75 Å². The molecular formula is C22H26N2O2S. The highest BCUT2D eigenvalue weighted by Gasteiger charge is 2.32. The number of hydrogen-bond acceptors (Lipinski definition) is 3. The number of nitrogens with one attached hydrogen (secondary N) is 1. The fourth-order valence-corrected chi connectivity index (χ4v) is 4.13. The molecular weight excluding hydrogens is 356 g/mol. The van der Waals surface area contributed by atoms with Gasteiger partial charge in [0, 0.05) is 18.2 Å². The Morgan fingerprint density at radius 1 is 1.11 bits per heavy atom. The largest absolute Gasteiger partial charge is 0.349 e. The van der Waals surface area contributed by atoms with Crippen LogP contribution in [0.1, 0.15) is 47.6 Å². The third kappa shape index (κ3) is 4.72. The minimum absolute atomic E-state index is 0.00981. The quantitative estimate of drug-likeness (QED) is 0.813. The number of nitrogens with zero attached hydrogens (tertiary/aromatic N) is 1. The van der Waals surface area contributed by atoms with Crippen LogP contribution in [0, 0.1) is 5.92 Å². The van der Waals surface area contributed by atoms with E-state index in [9.17, 15) is 9.59 Å². The summed E-state index contributed by atoms with van der Waals surface area (Å²) in [4.78, 5) is 26.6. The Morgan fingerprint density at radius 2 is 1.78 bits per heavy atom. The van der Waals surface area contributed by atoms with Gasteiger partial charge in [-0.05, 0) is 36.1 Å². The van der Waals surface area contributed by atoms with Gasteiger partial charge in [0.1, 0.15) is 5.37 Å². The van der Waals surface area contributed by atoms with Crippen molar-refractivity contribution < 1.29 is 9.59 Å². The second-order valence-corrected chi connectivity index (χ2v) is 8.37. The smallest absolute Gasteiger partial charge is 0.251 e. The van der Waals surface area contributed by atoms with Crippen LogP contribution in [-0.4, -0.2) is 28.5 Å². The zero-order valence-corrected chi connectivity index (χ0v) is 16.8. The molecule has 2 aromatic rings. The van der Waals surface area contributed by atoms with Crippen LogP contribution < -0.4 is 5.32 Å². The first kappa shape index (κ1) is 19.5. The number of carbonyl (C=O) groups is 2. The van der Waals surface area contributed by atoms with E-state index in [-0.39, 0.29) is 23.2 Å². The molecule has 0 saturated carbocycles. The van der Waals surface area contributed by atoms with Crippen molar-refractivity contribution in [1.29, 1.82) is 0 Å². The fraction of sp³-hybridized carbons (Fsp3) is 0.364. The van der Waals surface area contributed by atoms with Gasteiger partial charge in [-0.15, -0.1) is 11.8 Å². The third-order valence-corrected chi connectivity index (χ3v) is 6.24. The lowest BCUT2D eigenvalue weighted by molar-refractivity contribution is -0.128. The lowest BCUT2D eigenvalue weighted by atomic mass is 10.1. The maximum atomic E-state index is 12.4. The molecule has 1 fully saturated rings. The molecule has 1 saturated heterocycles. The van der Waals surface area contributed by atoms with Crippen LogP contribution in [0.25, 0.3) is 0 Å². The molecule has 0 aromatic heterocycles. The van der Waals surface area contributed by atoms with Gasteiger partial charge in [0.05, 0.1) is 5.75 Å². The minimum Gasteiger partial charge on any atom is -0.349 e. The summed E-state index contributed by atoms with van der Waals surface area (Å²) in [5, 5.41) is 3.01. The third-order valence-electron chi connectivity index (χ3n) is 4.98. The summed E-state index contributed by atoms with van der Waals surface area (Å²) in [5.74, 6) is 0.979. The summed E-state index contributed by atoms with van der Waals surface area (Å²) in [6.07, 6.45) is 0. The standard InChI is InChI=1S/C22H26N2O2S/c1-15(2)16(3)23-21(26)18-9-11-19(12-10-18)22-24(20(25)14-27-22)13-17-7-5-4-6-8-17/h4-12,15-16,22H,13-14H2,1-3H3,(H,23,26). The molecule has 2 aromatic carbocycles. The normalized spacial score (nSPS) is 18.0. The first-order valence-corrected chi connectivity index (χ1v) is 10.4. The van der Waals surface area contributed by atoms with Gasteiger partial charge in [-0.2, -0.15) is 0 Å². The summed E-state index contributed by atoms with van der Waals surface area (Å²) in [7, 11) is 0. The number of rotatable bonds is 6. The second-order valence-electron chi connectivity index (χ2n) is 7.30. The Bertz CT molecular complexity index is 790. The van der Waals surface area contributed by atoms with Crippen LogP contribution in [0.2, 0.25) is 0 Å². The van der Waals surface area contributed by atoms with Crippen molar-refractivity contribution in [3.63, 3.8) is 0 Å². The monoisotopic (exact) mass is 382 g/mol. The van der Waals surface area contributed by atoms with E-state index < -0.39 is 0 Å². The summed E-state index contributed by atoms with van der Waals surface area (Å²) >= 11 is 1.64. The van der Waals surface area contributed by atoms with Gasteiger partial charge in [0.25, 0.3) is 5.91 Å². The second kappa shape index (κ2) is 8.61. The molecule has 0 spiro atoms. The molecule has 27 heavy (non-hydrogen) atoms. The van der Waals surface area contributed by atoms with E-state index in [4.69, 9.17) is 0 Å². The SMILES string of the molecule is CC(C)C(C)NC(=O)c1ccc(C2SCC(=O)N2Cc2ccccc2)cc1. The van der Waals surface area contributed by atoms with Crippen LogP contribution >= 0.6 is 11.8 Å². The Morgan fingerprint density at radius 3 is 2.41 bits per heavy atom. The maximum Gasteiger partial charge on any atom is 0.251 e. The Hall–Kier alpha value is -2.27. The Balaban J connectivity index is 1.71. The molecule has 3 rings (SSSR count). The lowest BCUT2D eigenvalue weighted by Crippen LogP contribution is -2.36. The first-order valence-electron chi connectivity index (χ1n) is 9.31. The van der Waals surface area contributed by atoms with E-state index in [2.05, 4.69) is 19.2 Å². The molecule has 1 aliphatic heterocycles.